The smallest absolute Gasteiger partial charge is 0.266 e. The number of carbonyl (C=O) groups is 1. The van der Waals surface area contributed by atoms with Crippen molar-refractivity contribution in [1.82, 2.24) is 0 Å². The van der Waals surface area contributed by atoms with E-state index in [1.807, 2.05) is 12.1 Å². The summed E-state index contributed by atoms with van der Waals surface area (Å²) in [5.41, 5.74) is 1.82. The number of para-hydroxylation sites is 1. The first-order valence-electron chi connectivity index (χ1n) is 9.23. The highest BCUT2D eigenvalue weighted by atomic mass is 35.5. The van der Waals surface area contributed by atoms with Crippen molar-refractivity contribution >= 4 is 40.9 Å². The number of anilines is 1. The van der Waals surface area contributed by atoms with Gasteiger partial charge in [-0.2, -0.15) is 5.26 Å². The number of hydrogen-bond donors (Lipinski definition) is 1. The summed E-state index contributed by atoms with van der Waals surface area (Å²) >= 11 is 12.2. The summed E-state index contributed by atoms with van der Waals surface area (Å²) in [6, 6.07) is 21.1. The highest BCUT2D eigenvalue weighted by Gasteiger charge is 2.13. The van der Waals surface area contributed by atoms with E-state index in [0.717, 1.165) is 5.56 Å². The second-order valence-corrected chi connectivity index (χ2v) is 7.26. The largest absolute Gasteiger partial charge is 0.497 e. The van der Waals surface area contributed by atoms with Gasteiger partial charge in [-0.3, -0.25) is 4.79 Å². The summed E-state index contributed by atoms with van der Waals surface area (Å²) in [6.45, 7) is 0.169. The number of benzene rings is 3. The Bertz CT molecular complexity index is 1160. The monoisotopic (exact) mass is 452 g/mol. The molecule has 0 fully saturated rings. The van der Waals surface area contributed by atoms with Crippen LogP contribution >= 0.6 is 23.2 Å². The number of carbonyl (C=O) groups excluding carboxylic acids is 1. The molecule has 31 heavy (non-hydrogen) atoms. The van der Waals surface area contributed by atoms with E-state index in [4.69, 9.17) is 32.7 Å². The van der Waals surface area contributed by atoms with Crippen LogP contribution < -0.4 is 14.8 Å². The lowest BCUT2D eigenvalue weighted by molar-refractivity contribution is -0.112. The lowest BCUT2D eigenvalue weighted by Gasteiger charge is -2.13. The summed E-state index contributed by atoms with van der Waals surface area (Å²) in [4.78, 5) is 12.5. The third-order valence-corrected chi connectivity index (χ3v) is 4.90. The van der Waals surface area contributed by atoms with Crippen molar-refractivity contribution in [1.29, 1.82) is 5.26 Å². The molecule has 0 radical (unpaired) electrons. The van der Waals surface area contributed by atoms with Crippen LogP contribution in [0.4, 0.5) is 5.69 Å². The zero-order valence-electron chi connectivity index (χ0n) is 16.6. The molecule has 0 saturated carbocycles. The van der Waals surface area contributed by atoms with E-state index < -0.39 is 5.91 Å². The average molecular weight is 453 g/mol. The summed E-state index contributed by atoms with van der Waals surface area (Å²) in [5, 5.41) is 13.2. The number of hydrogen-bond acceptors (Lipinski definition) is 4. The van der Waals surface area contributed by atoms with E-state index in [1.54, 1.807) is 67.8 Å². The van der Waals surface area contributed by atoms with Crippen molar-refractivity contribution in [2.45, 2.75) is 6.61 Å². The first-order valence-corrected chi connectivity index (χ1v) is 9.98. The molecule has 3 rings (SSSR count). The normalized spacial score (nSPS) is 10.8. The van der Waals surface area contributed by atoms with Gasteiger partial charge in [0.25, 0.3) is 5.91 Å². The molecule has 3 aromatic carbocycles. The number of methoxy groups -OCH3 is 1. The molecule has 1 N–H and O–H groups in total. The lowest BCUT2D eigenvalue weighted by atomic mass is 10.1. The van der Waals surface area contributed by atoms with Crippen LogP contribution in [-0.4, -0.2) is 13.0 Å². The van der Waals surface area contributed by atoms with Gasteiger partial charge in [0.15, 0.2) is 0 Å². The minimum atomic E-state index is -0.517. The second kappa shape index (κ2) is 10.5. The van der Waals surface area contributed by atoms with Crippen molar-refractivity contribution in [2.75, 3.05) is 12.4 Å². The molecule has 156 valence electrons. The number of amides is 1. The number of nitriles is 1. The number of ether oxygens (including phenoxy) is 2. The predicted molar refractivity (Wildman–Crippen MR) is 122 cm³/mol. The van der Waals surface area contributed by atoms with Crippen LogP contribution in [0.1, 0.15) is 11.1 Å². The minimum Gasteiger partial charge on any atom is -0.497 e. The molecule has 0 aliphatic heterocycles. The Morgan fingerprint density at radius 2 is 1.87 bits per heavy atom. The van der Waals surface area contributed by atoms with E-state index in [0.29, 0.717) is 32.8 Å². The standard InChI is InChI=1S/C24H18Cl2N2O3/c1-30-21-10-8-16(11-18(14-27)24(29)28-20-5-3-2-4-6-20)23(13-21)31-15-17-7-9-19(25)12-22(17)26/h2-13H,15H2,1H3,(H,28,29)/b18-11+. The van der Waals surface area contributed by atoms with Crippen LogP contribution in [0.3, 0.4) is 0 Å². The summed E-state index contributed by atoms with van der Waals surface area (Å²) in [6.07, 6.45) is 1.47. The first kappa shape index (κ1) is 22.2. The molecule has 5 nitrogen and oxygen atoms in total. The van der Waals surface area contributed by atoms with E-state index in [1.165, 1.54) is 6.08 Å². The van der Waals surface area contributed by atoms with Gasteiger partial charge in [-0.1, -0.05) is 47.5 Å². The maximum atomic E-state index is 12.5. The predicted octanol–water partition coefficient (Wildman–Crippen LogP) is 6.13. The molecule has 0 unspecified atom stereocenters. The molecular weight excluding hydrogens is 435 g/mol. The number of nitrogens with zero attached hydrogens (tertiary/aromatic N) is 1. The number of rotatable bonds is 7. The van der Waals surface area contributed by atoms with Gasteiger partial charge in [0.05, 0.1) is 7.11 Å². The van der Waals surface area contributed by atoms with Crippen LogP contribution in [-0.2, 0) is 11.4 Å². The van der Waals surface area contributed by atoms with Crippen molar-refractivity contribution in [3.05, 3.63) is 93.5 Å². The molecule has 0 aromatic heterocycles. The summed E-state index contributed by atoms with van der Waals surface area (Å²) < 4.78 is 11.2. The summed E-state index contributed by atoms with van der Waals surface area (Å²) in [5.74, 6) is 0.489. The fourth-order valence-electron chi connectivity index (χ4n) is 2.70. The van der Waals surface area contributed by atoms with Gasteiger partial charge in [0.1, 0.15) is 29.7 Å². The minimum absolute atomic E-state index is 0.0663. The van der Waals surface area contributed by atoms with Crippen molar-refractivity contribution in [3.8, 4) is 17.6 Å². The van der Waals surface area contributed by atoms with Crippen LogP contribution in [0.2, 0.25) is 10.0 Å². The second-order valence-electron chi connectivity index (χ2n) is 6.42. The average Bonchev–Trinajstić information content (AvgIpc) is 2.78. The van der Waals surface area contributed by atoms with Crippen LogP contribution in [0, 0.1) is 11.3 Å². The number of halogens is 2. The third-order valence-electron chi connectivity index (χ3n) is 4.32. The quantitative estimate of drug-likeness (QED) is 0.345. The maximum absolute atomic E-state index is 12.5. The van der Waals surface area contributed by atoms with E-state index in [9.17, 15) is 10.1 Å². The molecule has 3 aromatic rings. The third kappa shape index (κ3) is 6.02. The van der Waals surface area contributed by atoms with E-state index in [-0.39, 0.29) is 12.2 Å². The molecule has 0 bridgehead atoms. The molecule has 0 spiro atoms. The van der Waals surface area contributed by atoms with Crippen molar-refractivity contribution < 1.29 is 14.3 Å². The molecule has 0 aliphatic rings. The Balaban J connectivity index is 1.87. The molecule has 0 atom stereocenters. The van der Waals surface area contributed by atoms with Gasteiger partial charge < -0.3 is 14.8 Å². The fraction of sp³-hybridized carbons (Fsp3) is 0.0833. The zero-order chi connectivity index (χ0) is 22.2. The molecular formula is C24H18Cl2N2O3. The summed E-state index contributed by atoms with van der Waals surface area (Å²) in [7, 11) is 1.54. The molecule has 7 heteroatoms. The highest BCUT2D eigenvalue weighted by Crippen LogP contribution is 2.29. The van der Waals surface area contributed by atoms with Crippen LogP contribution in [0.25, 0.3) is 6.08 Å². The Kier molecular flexibility index (Phi) is 7.55. The molecule has 0 aliphatic carbocycles. The first-order chi connectivity index (χ1) is 15.0. The highest BCUT2D eigenvalue weighted by molar-refractivity contribution is 6.35. The molecule has 1 amide bonds. The lowest BCUT2D eigenvalue weighted by Crippen LogP contribution is -2.13. The van der Waals surface area contributed by atoms with Gasteiger partial charge in [0.2, 0.25) is 0 Å². The van der Waals surface area contributed by atoms with E-state index >= 15 is 0 Å². The van der Waals surface area contributed by atoms with Crippen LogP contribution in [0.15, 0.2) is 72.3 Å². The van der Waals surface area contributed by atoms with Gasteiger partial charge in [-0.05, 0) is 42.5 Å². The van der Waals surface area contributed by atoms with Crippen LogP contribution in [0.5, 0.6) is 11.5 Å². The Labute approximate surface area is 190 Å². The Morgan fingerprint density at radius 3 is 2.55 bits per heavy atom. The Hall–Kier alpha value is -3.46. The molecule has 0 heterocycles. The zero-order valence-corrected chi connectivity index (χ0v) is 18.1. The van der Waals surface area contributed by atoms with Crippen molar-refractivity contribution in [2.24, 2.45) is 0 Å². The van der Waals surface area contributed by atoms with Gasteiger partial charge in [-0.15, -0.1) is 0 Å². The van der Waals surface area contributed by atoms with Gasteiger partial charge in [-0.25, -0.2) is 0 Å². The number of nitrogens with one attached hydrogen (secondary N) is 1. The molecule has 0 saturated heterocycles. The topological polar surface area (TPSA) is 71.3 Å². The SMILES string of the molecule is COc1ccc(/C=C(\C#N)C(=O)Nc2ccccc2)c(OCc2ccc(Cl)cc2Cl)c1. The van der Waals surface area contributed by atoms with Gasteiger partial charge in [0, 0.05) is 32.9 Å². The Morgan fingerprint density at radius 1 is 1.10 bits per heavy atom. The van der Waals surface area contributed by atoms with Gasteiger partial charge >= 0.3 is 0 Å². The maximum Gasteiger partial charge on any atom is 0.266 e. The van der Waals surface area contributed by atoms with E-state index in [2.05, 4.69) is 5.32 Å². The fourth-order valence-corrected chi connectivity index (χ4v) is 3.17. The van der Waals surface area contributed by atoms with Crippen molar-refractivity contribution in [3.63, 3.8) is 0 Å².